The summed E-state index contributed by atoms with van der Waals surface area (Å²) >= 11 is 0. The van der Waals surface area contributed by atoms with E-state index in [9.17, 15) is 9.18 Å². The van der Waals surface area contributed by atoms with Crippen molar-refractivity contribution in [1.82, 2.24) is 14.9 Å². The third-order valence-corrected chi connectivity index (χ3v) is 5.78. The van der Waals surface area contributed by atoms with Gasteiger partial charge in [0.05, 0.1) is 30.4 Å². The van der Waals surface area contributed by atoms with Gasteiger partial charge in [-0.25, -0.2) is 27.9 Å². The van der Waals surface area contributed by atoms with Gasteiger partial charge in [0.15, 0.2) is 23.4 Å². The highest BCUT2D eigenvalue weighted by Gasteiger charge is 2.48. The number of methoxy groups -OCH3 is 1. The maximum Gasteiger partial charge on any atom is 0.410 e. The van der Waals surface area contributed by atoms with Gasteiger partial charge in [-0.1, -0.05) is 12.0 Å². The maximum absolute atomic E-state index is 15.1. The number of halogens is 3. The van der Waals surface area contributed by atoms with Gasteiger partial charge in [-0.2, -0.15) is 0 Å². The van der Waals surface area contributed by atoms with Gasteiger partial charge < -0.3 is 24.4 Å². The minimum atomic E-state index is -3.37. The highest BCUT2D eigenvalue weighted by atomic mass is 19.3. The summed E-state index contributed by atoms with van der Waals surface area (Å²) in [6, 6.07) is 7.51. The van der Waals surface area contributed by atoms with E-state index in [0.717, 1.165) is 4.90 Å². The van der Waals surface area contributed by atoms with Crippen LogP contribution in [0.4, 0.5) is 29.5 Å². The molecule has 200 valence electrons. The highest BCUT2D eigenvalue weighted by Crippen LogP contribution is 2.39. The van der Waals surface area contributed by atoms with Crippen molar-refractivity contribution in [3.63, 3.8) is 0 Å². The zero-order valence-corrected chi connectivity index (χ0v) is 21.3. The number of rotatable bonds is 5. The Morgan fingerprint density at radius 1 is 1.24 bits per heavy atom. The second-order valence-electron chi connectivity index (χ2n) is 9.74. The number of alkyl halides is 2. The van der Waals surface area contributed by atoms with Crippen molar-refractivity contribution in [3.8, 4) is 23.8 Å². The first-order valence-corrected chi connectivity index (χ1v) is 11.8. The first kappa shape index (κ1) is 26.9. The van der Waals surface area contributed by atoms with Crippen LogP contribution in [0.15, 0.2) is 36.7 Å². The molecule has 1 aromatic heterocycles. The fourth-order valence-corrected chi connectivity index (χ4v) is 3.98. The Bertz CT molecular complexity index is 1400. The minimum absolute atomic E-state index is 0.0195. The number of nitrogens with one attached hydrogen (secondary N) is 1. The maximum atomic E-state index is 15.1. The molecular weight excluding hydrogens is 501 g/mol. The molecule has 2 aromatic carbocycles. The number of piperidine rings is 1. The van der Waals surface area contributed by atoms with Crippen LogP contribution in [0, 0.1) is 18.2 Å². The summed E-state index contributed by atoms with van der Waals surface area (Å²) < 4.78 is 61.3. The molecular formula is C27H27F3N4O4. The summed E-state index contributed by atoms with van der Waals surface area (Å²) in [5.41, 5.74) is -0.248. The quantitative estimate of drug-likeness (QED) is 0.436. The smallest absolute Gasteiger partial charge is 0.410 e. The third-order valence-electron chi connectivity index (χ3n) is 5.78. The van der Waals surface area contributed by atoms with Crippen LogP contribution in [0.2, 0.25) is 0 Å². The van der Waals surface area contributed by atoms with Crippen LogP contribution in [0.1, 0.15) is 32.8 Å². The number of terminal acetylenes is 1. The molecule has 11 heteroatoms. The van der Waals surface area contributed by atoms with Crippen molar-refractivity contribution < 1.29 is 32.2 Å². The van der Waals surface area contributed by atoms with Gasteiger partial charge in [0.1, 0.15) is 17.7 Å². The van der Waals surface area contributed by atoms with Crippen LogP contribution >= 0.6 is 0 Å². The first-order valence-electron chi connectivity index (χ1n) is 11.8. The molecule has 8 nitrogen and oxygen atoms in total. The lowest BCUT2D eigenvalue weighted by Gasteiger charge is -2.38. The number of likely N-dealkylation sites (tertiary alicyclic amines) is 1. The zero-order valence-electron chi connectivity index (χ0n) is 21.3. The van der Waals surface area contributed by atoms with Crippen LogP contribution in [-0.4, -0.2) is 58.8 Å². The molecule has 0 radical (unpaired) electrons. The second kappa shape index (κ2) is 10.3. The Labute approximate surface area is 218 Å². The lowest BCUT2D eigenvalue weighted by atomic mass is 10.0. The third kappa shape index (κ3) is 5.69. The van der Waals surface area contributed by atoms with Crippen LogP contribution in [0.25, 0.3) is 10.9 Å². The summed E-state index contributed by atoms with van der Waals surface area (Å²) in [6.45, 7) is 4.16. The standard InChI is InChI=1S/C27H27F3N4O4/c1-6-16-8-7-9-18(23(16)28)33-24-17-12-21(20(36-5)13-19(17)31-15-32-24)37-22-10-11-34(14-27(22,29)30)25(35)38-26(2,3)4/h1,7-9,12-13,15,22H,10-11,14H2,2-5H3,(H,31,32,33)/t22-/m1/s1. The molecule has 0 saturated carbocycles. The molecule has 1 saturated heterocycles. The molecule has 1 N–H and O–H groups in total. The number of hydrogen-bond acceptors (Lipinski definition) is 7. The van der Waals surface area contributed by atoms with E-state index >= 15 is 8.78 Å². The van der Waals surface area contributed by atoms with Gasteiger partial charge in [-0.3, -0.25) is 0 Å². The number of aromatic nitrogens is 2. The van der Waals surface area contributed by atoms with E-state index in [2.05, 4.69) is 21.2 Å². The fraction of sp³-hybridized carbons (Fsp3) is 0.370. The molecule has 3 aromatic rings. The predicted octanol–water partition coefficient (Wildman–Crippen LogP) is 5.53. The number of benzene rings is 2. The average Bonchev–Trinajstić information content (AvgIpc) is 2.85. The average molecular weight is 529 g/mol. The Morgan fingerprint density at radius 3 is 2.66 bits per heavy atom. The summed E-state index contributed by atoms with van der Waals surface area (Å²) in [6.07, 6.45) is 4.13. The van der Waals surface area contributed by atoms with E-state index in [0.29, 0.717) is 10.9 Å². The van der Waals surface area contributed by atoms with Gasteiger partial charge >= 0.3 is 12.0 Å². The number of nitrogens with zero attached hydrogens (tertiary/aromatic N) is 3. The van der Waals surface area contributed by atoms with Gasteiger partial charge in [0.25, 0.3) is 0 Å². The first-order chi connectivity index (χ1) is 17.9. The molecule has 0 unspecified atom stereocenters. The summed E-state index contributed by atoms with van der Waals surface area (Å²) in [4.78, 5) is 21.7. The zero-order chi connectivity index (χ0) is 27.7. The van der Waals surface area contributed by atoms with Crippen LogP contribution in [-0.2, 0) is 4.74 Å². The van der Waals surface area contributed by atoms with Gasteiger partial charge in [-0.15, -0.1) is 6.42 Å². The number of ether oxygens (including phenoxy) is 3. The molecule has 1 atom stereocenters. The SMILES string of the molecule is C#Cc1cccc(Nc2ncnc3cc(OC)c(O[C@@H]4CCN(C(=O)OC(C)(C)C)CC4(F)F)cc23)c1F. The molecule has 0 bridgehead atoms. The number of hydrogen-bond donors (Lipinski definition) is 1. The summed E-state index contributed by atoms with van der Waals surface area (Å²) in [5.74, 6) is -1.34. The van der Waals surface area contributed by atoms with Crippen LogP contribution in [0.3, 0.4) is 0 Å². The predicted molar refractivity (Wildman–Crippen MR) is 135 cm³/mol. The van der Waals surface area contributed by atoms with E-state index in [1.807, 2.05) is 0 Å². The van der Waals surface area contributed by atoms with E-state index < -0.39 is 36.1 Å². The van der Waals surface area contributed by atoms with Gasteiger partial charge in [0, 0.05) is 24.4 Å². The van der Waals surface area contributed by atoms with Crippen molar-refractivity contribution in [2.24, 2.45) is 0 Å². The number of carbonyl (C=O) groups excluding carboxylic acids is 1. The summed E-state index contributed by atoms with van der Waals surface area (Å²) in [5, 5.41) is 3.27. The Morgan fingerprint density at radius 2 is 2.00 bits per heavy atom. The number of anilines is 2. The Balaban J connectivity index is 1.62. The lowest BCUT2D eigenvalue weighted by Crippen LogP contribution is -2.56. The van der Waals surface area contributed by atoms with Crippen molar-refractivity contribution in [2.45, 2.75) is 44.8 Å². The van der Waals surface area contributed by atoms with E-state index in [4.69, 9.17) is 20.6 Å². The van der Waals surface area contributed by atoms with E-state index in [-0.39, 0.29) is 41.5 Å². The molecule has 38 heavy (non-hydrogen) atoms. The van der Waals surface area contributed by atoms with Crippen molar-refractivity contribution in [1.29, 1.82) is 0 Å². The molecule has 2 heterocycles. The second-order valence-corrected chi connectivity index (χ2v) is 9.74. The summed E-state index contributed by atoms with van der Waals surface area (Å²) in [7, 11) is 1.37. The normalized spacial score (nSPS) is 17.0. The lowest BCUT2D eigenvalue weighted by molar-refractivity contribution is -0.137. The fourth-order valence-electron chi connectivity index (χ4n) is 3.98. The van der Waals surface area contributed by atoms with Crippen LogP contribution in [0.5, 0.6) is 11.5 Å². The molecule has 1 amide bonds. The van der Waals surface area contributed by atoms with E-state index in [1.54, 1.807) is 26.8 Å². The number of carbonyl (C=O) groups is 1. The topological polar surface area (TPSA) is 85.8 Å². The minimum Gasteiger partial charge on any atom is -0.493 e. The molecule has 4 rings (SSSR count). The molecule has 1 aliphatic rings. The van der Waals surface area contributed by atoms with Crippen molar-refractivity contribution >= 4 is 28.5 Å². The Hall–Kier alpha value is -4.20. The van der Waals surface area contributed by atoms with E-state index in [1.165, 1.54) is 37.7 Å². The number of amides is 1. The van der Waals surface area contributed by atoms with Gasteiger partial charge in [-0.05, 0) is 39.0 Å². The largest absolute Gasteiger partial charge is 0.493 e. The van der Waals surface area contributed by atoms with Gasteiger partial charge in [0.2, 0.25) is 0 Å². The van der Waals surface area contributed by atoms with Crippen LogP contribution < -0.4 is 14.8 Å². The molecule has 1 aliphatic heterocycles. The molecule has 0 spiro atoms. The highest BCUT2D eigenvalue weighted by molar-refractivity contribution is 5.93. The molecule has 0 aliphatic carbocycles. The van der Waals surface area contributed by atoms with Crippen molar-refractivity contribution in [3.05, 3.63) is 48.0 Å². The molecule has 1 fully saturated rings. The van der Waals surface area contributed by atoms with Crippen molar-refractivity contribution in [2.75, 3.05) is 25.5 Å². The Kier molecular flexibility index (Phi) is 7.26. The monoisotopic (exact) mass is 528 g/mol. The number of fused-ring (bicyclic) bond motifs is 1.